The highest BCUT2D eigenvalue weighted by Gasteiger charge is 2.18. The quantitative estimate of drug-likeness (QED) is 0.837. The van der Waals surface area contributed by atoms with Gasteiger partial charge < -0.3 is 10.1 Å². The van der Waals surface area contributed by atoms with Crippen molar-refractivity contribution >= 4 is 0 Å². The third kappa shape index (κ3) is 3.69. The lowest BCUT2D eigenvalue weighted by Crippen LogP contribution is -2.17. The van der Waals surface area contributed by atoms with Crippen molar-refractivity contribution in [3.05, 3.63) is 29.6 Å². The molecule has 19 heavy (non-hydrogen) atoms. The standard InChI is InChI=1S/C16H24FNO/c1-18-15(9-7-12-5-3-4-6-12)13-8-10-16(19-2)14(17)11-13/h8,10-12,15,18H,3-7,9H2,1-2H3. The van der Waals surface area contributed by atoms with Crippen LogP contribution in [-0.2, 0) is 0 Å². The van der Waals surface area contributed by atoms with Gasteiger partial charge in [-0.05, 0) is 43.5 Å². The fourth-order valence-electron chi connectivity index (χ4n) is 3.08. The SMILES string of the molecule is CNC(CCC1CCCC1)c1ccc(OC)c(F)c1. The zero-order valence-corrected chi connectivity index (χ0v) is 11.9. The van der Waals surface area contributed by atoms with Crippen LogP contribution >= 0.6 is 0 Å². The smallest absolute Gasteiger partial charge is 0.165 e. The average Bonchev–Trinajstić information content (AvgIpc) is 2.93. The van der Waals surface area contributed by atoms with Gasteiger partial charge in [0.2, 0.25) is 0 Å². The number of ether oxygens (including phenoxy) is 1. The maximum atomic E-state index is 13.7. The molecule has 1 unspecified atom stereocenters. The Labute approximate surface area is 115 Å². The second-order valence-electron chi connectivity index (χ2n) is 5.46. The van der Waals surface area contributed by atoms with Gasteiger partial charge in [0, 0.05) is 6.04 Å². The largest absolute Gasteiger partial charge is 0.494 e. The number of rotatable bonds is 6. The van der Waals surface area contributed by atoms with Gasteiger partial charge in [-0.2, -0.15) is 0 Å². The van der Waals surface area contributed by atoms with Crippen LogP contribution in [0.1, 0.15) is 50.1 Å². The van der Waals surface area contributed by atoms with Gasteiger partial charge in [0.15, 0.2) is 11.6 Å². The van der Waals surface area contributed by atoms with Crippen LogP contribution < -0.4 is 10.1 Å². The normalized spacial score (nSPS) is 17.6. The lowest BCUT2D eigenvalue weighted by atomic mass is 9.95. The summed E-state index contributed by atoms with van der Waals surface area (Å²) in [5, 5.41) is 3.30. The predicted molar refractivity (Wildman–Crippen MR) is 75.9 cm³/mol. The van der Waals surface area contributed by atoms with Crippen molar-refractivity contribution in [2.45, 2.75) is 44.6 Å². The number of benzene rings is 1. The summed E-state index contributed by atoms with van der Waals surface area (Å²) in [4.78, 5) is 0. The molecule has 1 aromatic rings. The Balaban J connectivity index is 1.97. The van der Waals surface area contributed by atoms with Crippen LogP contribution in [0.3, 0.4) is 0 Å². The minimum atomic E-state index is -0.277. The van der Waals surface area contributed by atoms with E-state index < -0.39 is 0 Å². The summed E-state index contributed by atoms with van der Waals surface area (Å²) in [5.74, 6) is 0.912. The highest BCUT2D eigenvalue weighted by Crippen LogP contribution is 2.32. The molecule has 0 spiro atoms. The number of methoxy groups -OCH3 is 1. The van der Waals surface area contributed by atoms with Crippen LogP contribution in [0.2, 0.25) is 0 Å². The van der Waals surface area contributed by atoms with E-state index in [1.807, 2.05) is 13.1 Å². The fourth-order valence-corrected chi connectivity index (χ4v) is 3.08. The minimum absolute atomic E-state index is 0.237. The first-order valence-corrected chi connectivity index (χ1v) is 7.25. The predicted octanol–water partition coefficient (Wildman–Crippen LogP) is 4.07. The molecular weight excluding hydrogens is 241 g/mol. The molecule has 2 rings (SSSR count). The van der Waals surface area contributed by atoms with Crippen molar-refractivity contribution in [3.63, 3.8) is 0 Å². The molecule has 2 nitrogen and oxygen atoms in total. The molecule has 0 aromatic heterocycles. The van der Waals surface area contributed by atoms with Gasteiger partial charge in [0.05, 0.1) is 7.11 Å². The topological polar surface area (TPSA) is 21.3 Å². The summed E-state index contributed by atoms with van der Waals surface area (Å²) < 4.78 is 18.7. The highest BCUT2D eigenvalue weighted by molar-refractivity contribution is 5.31. The molecule has 0 radical (unpaired) electrons. The Kier molecular flexibility index (Phi) is 5.20. The molecule has 1 aromatic carbocycles. The number of nitrogens with one attached hydrogen (secondary N) is 1. The van der Waals surface area contributed by atoms with E-state index in [1.165, 1.54) is 39.2 Å². The highest BCUT2D eigenvalue weighted by atomic mass is 19.1. The van der Waals surface area contributed by atoms with Gasteiger partial charge in [0.25, 0.3) is 0 Å². The molecule has 1 aliphatic rings. The zero-order valence-electron chi connectivity index (χ0n) is 11.9. The summed E-state index contributed by atoms with van der Waals surface area (Å²) in [6.45, 7) is 0. The van der Waals surface area contributed by atoms with E-state index in [2.05, 4.69) is 5.32 Å². The van der Waals surface area contributed by atoms with Crippen LogP contribution in [-0.4, -0.2) is 14.2 Å². The molecule has 1 fully saturated rings. The van der Waals surface area contributed by atoms with E-state index in [4.69, 9.17) is 4.74 Å². The van der Waals surface area contributed by atoms with Crippen LogP contribution in [0, 0.1) is 11.7 Å². The Hall–Kier alpha value is -1.09. The van der Waals surface area contributed by atoms with Crippen molar-refractivity contribution in [2.24, 2.45) is 5.92 Å². The van der Waals surface area contributed by atoms with E-state index in [0.717, 1.165) is 17.9 Å². The average molecular weight is 265 g/mol. The number of halogens is 1. The summed E-state index contributed by atoms with van der Waals surface area (Å²) in [7, 11) is 3.44. The Morgan fingerprint density at radius 2 is 2.11 bits per heavy atom. The fraction of sp³-hybridized carbons (Fsp3) is 0.625. The molecule has 1 aliphatic carbocycles. The first kappa shape index (κ1) is 14.3. The third-order valence-electron chi connectivity index (χ3n) is 4.27. The van der Waals surface area contributed by atoms with Gasteiger partial charge in [-0.15, -0.1) is 0 Å². The molecular formula is C16H24FNO. The van der Waals surface area contributed by atoms with Crippen LogP contribution in [0.25, 0.3) is 0 Å². The maximum Gasteiger partial charge on any atom is 0.165 e. The molecule has 1 atom stereocenters. The van der Waals surface area contributed by atoms with E-state index >= 15 is 0 Å². The molecule has 106 valence electrons. The Bertz CT molecular complexity index is 402. The van der Waals surface area contributed by atoms with Gasteiger partial charge >= 0.3 is 0 Å². The molecule has 0 amide bonds. The van der Waals surface area contributed by atoms with Gasteiger partial charge in [-0.3, -0.25) is 0 Å². The molecule has 0 heterocycles. The van der Waals surface area contributed by atoms with Crippen molar-refractivity contribution in [1.82, 2.24) is 5.32 Å². The molecule has 0 saturated heterocycles. The van der Waals surface area contributed by atoms with Crippen LogP contribution in [0.4, 0.5) is 4.39 Å². The second kappa shape index (κ2) is 6.90. The van der Waals surface area contributed by atoms with E-state index in [0.29, 0.717) is 5.75 Å². The lowest BCUT2D eigenvalue weighted by Gasteiger charge is -2.19. The first-order valence-electron chi connectivity index (χ1n) is 7.25. The van der Waals surface area contributed by atoms with Crippen molar-refractivity contribution < 1.29 is 9.13 Å². The van der Waals surface area contributed by atoms with Crippen molar-refractivity contribution in [1.29, 1.82) is 0 Å². The van der Waals surface area contributed by atoms with Crippen LogP contribution in [0.5, 0.6) is 5.75 Å². The molecule has 1 N–H and O–H groups in total. The summed E-state index contributed by atoms with van der Waals surface area (Å²) in [5.41, 5.74) is 1.01. The zero-order chi connectivity index (χ0) is 13.7. The molecule has 0 bridgehead atoms. The van der Waals surface area contributed by atoms with Crippen LogP contribution in [0.15, 0.2) is 18.2 Å². The Morgan fingerprint density at radius 3 is 2.68 bits per heavy atom. The Morgan fingerprint density at radius 1 is 1.37 bits per heavy atom. The number of hydrogen-bond acceptors (Lipinski definition) is 2. The molecule has 3 heteroatoms. The van der Waals surface area contributed by atoms with Crippen molar-refractivity contribution in [3.8, 4) is 5.75 Å². The summed E-state index contributed by atoms with van der Waals surface area (Å²) in [6.07, 6.45) is 7.81. The first-order chi connectivity index (χ1) is 9.24. The van der Waals surface area contributed by atoms with Gasteiger partial charge in [-0.1, -0.05) is 31.7 Å². The monoisotopic (exact) mass is 265 g/mol. The lowest BCUT2D eigenvalue weighted by molar-refractivity contribution is 0.384. The minimum Gasteiger partial charge on any atom is -0.494 e. The third-order valence-corrected chi connectivity index (χ3v) is 4.27. The van der Waals surface area contributed by atoms with E-state index in [-0.39, 0.29) is 11.9 Å². The summed E-state index contributed by atoms with van der Waals surface area (Å²) in [6, 6.07) is 5.50. The van der Waals surface area contributed by atoms with Gasteiger partial charge in [-0.25, -0.2) is 4.39 Å². The summed E-state index contributed by atoms with van der Waals surface area (Å²) >= 11 is 0. The molecule has 1 saturated carbocycles. The molecule has 0 aliphatic heterocycles. The second-order valence-corrected chi connectivity index (χ2v) is 5.46. The van der Waals surface area contributed by atoms with E-state index in [1.54, 1.807) is 12.1 Å². The number of hydrogen-bond donors (Lipinski definition) is 1. The maximum absolute atomic E-state index is 13.7. The van der Waals surface area contributed by atoms with Gasteiger partial charge in [0.1, 0.15) is 0 Å². The van der Waals surface area contributed by atoms with E-state index in [9.17, 15) is 4.39 Å². The van der Waals surface area contributed by atoms with Crippen molar-refractivity contribution in [2.75, 3.05) is 14.2 Å².